The van der Waals surface area contributed by atoms with Crippen LogP contribution in [0.5, 0.6) is 5.75 Å². The molecular formula is C10H14O3P-. The molecule has 0 spiro atoms. The van der Waals surface area contributed by atoms with Crippen molar-refractivity contribution in [2.75, 3.05) is 6.66 Å². The van der Waals surface area contributed by atoms with Gasteiger partial charge in [0.15, 0.2) is 7.60 Å². The van der Waals surface area contributed by atoms with Crippen molar-refractivity contribution in [3.8, 4) is 5.75 Å². The molecule has 78 valence electrons. The molecule has 0 amide bonds. The molecule has 3 nitrogen and oxygen atoms in total. The Kier molecular flexibility index (Phi) is 3.35. The van der Waals surface area contributed by atoms with Crippen LogP contribution in [0.3, 0.4) is 0 Å². The van der Waals surface area contributed by atoms with E-state index in [1.807, 2.05) is 12.1 Å². The summed E-state index contributed by atoms with van der Waals surface area (Å²) in [5.41, 5.74) is 1.16. The molecule has 1 atom stereocenters. The van der Waals surface area contributed by atoms with Gasteiger partial charge in [0.2, 0.25) is 0 Å². The van der Waals surface area contributed by atoms with E-state index in [4.69, 9.17) is 4.52 Å². The van der Waals surface area contributed by atoms with E-state index in [1.54, 1.807) is 12.1 Å². The molecule has 0 N–H and O–H groups in total. The molecule has 0 aromatic heterocycles. The second-order valence-corrected chi connectivity index (χ2v) is 5.31. The van der Waals surface area contributed by atoms with E-state index in [9.17, 15) is 9.46 Å². The fourth-order valence-corrected chi connectivity index (χ4v) is 1.61. The standard InChI is InChI=1S/C10H15O3P/c1-8(2)9-4-6-10(7-5-9)13-14(3,11)12/h4-8H,1-3H3,(H,11,12)/p-1. The molecule has 1 aromatic rings. The molecule has 1 rings (SSSR count). The normalized spacial score (nSPS) is 15.2. The molecule has 4 heteroatoms. The highest BCUT2D eigenvalue weighted by Gasteiger charge is 2.03. The Morgan fingerprint density at radius 3 is 2.14 bits per heavy atom. The Labute approximate surface area is 84.3 Å². The second-order valence-electron chi connectivity index (χ2n) is 3.59. The van der Waals surface area contributed by atoms with Gasteiger partial charge in [0, 0.05) is 6.66 Å². The predicted molar refractivity (Wildman–Crippen MR) is 54.7 cm³/mol. The van der Waals surface area contributed by atoms with E-state index >= 15 is 0 Å². The average molecular weight is 213 g/mol. The van der Waals surface area contributed by atoms with Crippen molar-refractivity contribution in [1.82, 2.24) is 0 Å². The van der Waals surface area contributed by atoms with Crippen LogP contribution in [-0.4, -0.2) is 6.66 Å². The summed E-state index contributed by atoms with van der Waals surface area (Å²) in [4.78, 5) is 10.8. The zero-order valence-corrected chi connectivity index (χ0v) is 9.45. The minimum atomic E-state index is -3.68. The van der Waals surface area contributed by atoms with Crippen LogP contribution < -0.4 is 9.42 Å². The number of hydrogen-bond donors (Lipinski definition) is 0. The highest BCUT2D eigenvalue weighted by molar-refractivity contribution is 7.50. The van der Waals surface area contributed by atoms with Gasteiger partial charge in [-0.2, -0.15) is 0 Å². The summed E-state index contributed by atoms with van der Waals surface area (Å²) < 4.78 is 15.6. The zero-order chi connectivity index (χ0) is 10.8. The van der Waals surface area contributed by atoms with E-state index in [0.29, 0.717) is 11.7 Å². The molecule has 1 aromatic carbocycles. The van der Waals surface area contributed by atoms with E-state index in [1.165, 1.54) is 0 Å². The minimum absolute atomic E-state index is 0.371. The first-order chi connectivity index (χ1) is 6.38. The van der Waals surface area contributed by atoms with Crippen LogP contribution in [0, 0.1) is 0 Å². The molecule has 0 aliphatic carbocycles. The lowest BCUT2D eigenvalue weighted by Crippen LogP contribution is -2.04. The van der Waals surface area contributed by atoms with Gasteiger partial charge in [-0.25, -0.2) is 0 Å². The molecule has 0 fully saturated rings. The van der Waals surface area contributed by atoms with Gasteiger partial charge in [-0.15, -0.1) is 0 Å². The number of benzene rings is 1. The van der Waals surface area contributed by atoms with Crippen LogP contribution in [0.2, 0.25) is 0 Å². The van der Waals surface area contributed by atoms with E-state index in [0.717, 1.165) is 12.2 Å². The summed E-state index contributed by atoms with van der Waals surface area (Å²) in [6.45, 7) is 5.21. The fraction of sp³-hybridized carbons (Fsp3) is 0.400. The van der Waals surface area contributed by atoms with Crippen LogP contribution >= 0.6 is 7.60 Å². The summed E-state index contributed by atoms with van der Waals surface area (Å²) in [5, 5.41) is 0. The van der Waals surface area contributed by atoms with Crippen molar-refractivity contribution in [1.29, 1.82) is 0 Å². The van der Waals surface area contributed by atoms with Crippen molar-refractivity contribution in [3.05, 3.63) is 29.8 Å². The van der Waals surface area contributed by atoms with Gasteiger partial charge in [0.1, 0.15) is 5.75 Å². The van der Waals surface area contributed by atoms with Gasteiger partial charge in [-0.1, -0.05) is 26.0 Å². The van der Waals surface area contributed by atoms with Gasteiger partial charge in [-0.05, 0) is 23.6 Å². The molecule has 14 heavy (non-hydrogen) atoms. The minimum Gasteiger partial charge on any atom is -0.769 e. The van der Waals surface area contributed by atoms with Crippen LogP contribution in [-0.2, 0) is 4.57 Å². The third-order valence-corrected chi connectivity index (χ3v) is 2.36. The highest BCUT2D eigenvalue weighted by Crippen LogP contribution is 2.33. The number of hydrogen-bond acceptors (Lipinski definition) is 3. The quantitative estimate of drug-likeness (QED) is 0.724. The summed E-state index contributed by atoms with van der Waals surface area (Å²) >= 11 is 0. The van der Waals surface area contributed by atoms with E-state index in [-0.39, 0.29) is 0 Å². The molecular weight excluding hydrogens is 199 g/mol. The smallest absolute Gasteiger partial charge is 0.181 e. The van der Waals surface area contributed by atoms with Gasteiger partial charge in [0.05, 0.1) is 0 Å². The first kappa shape index (κ1) is 11.3. The second kappa shape index (κ2) is 4.16. The van der Waals surface area contributed by atoms with E-state index < -0.39 is 7.60 Å². The molecule has 0 heterocycles. The molecule has 0 saturated carbocycles. The van der Waals surface area contributed by atoms with Crippen molar-refractivity contribution < 1.29 is 14.0 Å². The van der Waals surface area contributed by atoms with Crippen LogP contribution in [0.1, 0.15) is 25.3 Å². The van der Waals surface area contributed by atoms with Crippen LogP contribution in [0.4, 0.5) is 0 Å². The Balaban J connectivity index is 2.79. The Morgan fingerprint density at radius 1 is 1.29 bits per heavy atom. The molecule has 0 aliphatic heterocycles. The largest absolute Gasteiger partial charge is 0.769 e. The SMILES string of the molecule is CC(C)c1ccc(OP(C)(=O)[O-])cc1. The van der Waals surface area contributed by atoms with Crippen LogP contribution in [0.15, 0.2) is 24.3 Å². The van der Waals surface area contributed by atoms with Gasteiger partial charge >= 0.3 is 0 Å². The first-order valence-corrected chi connectivity index (χ1v) is 6.45. The maximum Gasteiger partial charge on any atom is 0.181 e. The molecule has 0 radical (unpaired) electrons. The maximum atomic E-state index is 10.8. The third-order valence-electron chi connectivity index (χ3n) is 1.82. The lowest BCUT2D eigenvalue weighted by Gasteiger charge is -2.19. The van der Waals surface area contributed by atoms with Crippen molar-refractivity contribution >= 4 is 7.60 Å². The topological polar surface area (TPSA) is 49.4 Å². The van der Waals surface area contributed by atoms with Gasteiger partial charge in [-0.3, -0.25) is 4.57 Å². The highest BCUT2D eigenvalue weighted by atomic mass is 31.2. The summed E-state index contributed by atoms with van der Waals surface area (Å²) in [7, 11) is -3.68. The van der Waals surface area contributed by atoms with Crippen molar-refractivity contribution in [2.24, 2.45) is 0 Å². The lowest BCUT2D eigenvalue weighted by molar-refractivity contribution is -0.188. The Bertz CT molecular complexity index is 337. The monoisotopic (exact) mass is 213 g/mol. The Morgan fingerprint density at radius 2 is 1.79 bits per heavy atom. The van der Waals surface area contributed by atoms with E-state index in [2.05, 4.69) is 13.8 Å². The summed E-state index contributed by atoms with van der Waals surface area (Å²) in [6.07, 6.45) is 0. The first-order valence-electron chi connectivity index (χ1n) is 4.46. The van der Waals surface area contributed by atoms with Crippen molar-refractivity contribution in [3.63, 3.8) is 0 Å². The average Bonchev–Trinajstić information content (AvgIpc) is 2.02. The fourth-order valence-electron chi connectivity index (χ4n) is 1.11. The molecule has 1 unspecified atom stereocenters. The zero-order valence-electron chi connectivity index (χ0n) is 8.56. The summed E-state index contributed by atoms with van der Waals surface area (Å²) in [5.74, 6) is 0.806. The Hall–Kier alpha value is -0.790. The molecule has 0 bridgehead atoms. The maximum absolute atomic E-state index is 10.8. The van der Waals surface area contributed by atoms with Crippen molar-refractivity contribution in [2.45, 2.75) is 19.8 Å². The third kappa shape index (κ3) is 3.52. The van der Waals surface area contributed by atoms with Crippen LogP contribution in [0.25, 0.3) is 0 Å². The predicted octanol–water partition coefficient (Wildman–Crippen LogP) is 2.37. The van der Waals surface area contributed by atoms with Gasteiger partial charge < -0.3 is 9.42 Å². The molecule has 0 aliphatic rings. The molecule has 0 saturated heterocycles. The summed E-state index contributed by atoms with van der Waals surface area (Å²) in [6, 6.07) is 7.08. The van der Waals surface area contributed by atoms with Gasteiger partial charge in [0.25, 0.3) is 0 Å². The number of rotatable bonds is 3. The lowest BCUT2D eigenvalue weighted by atomic mass is 10.0.